The van der Waals surface area contributed by atoms with E-state index >= 15 is 0 Å². The molecule has 2 rings (SSSR count). The zero-order valence-electron chi connectivity index (χ0n) is 14.0. The first kappa shape index (κ1) is 17.1. The number of rotatable bonds is 3. The molecule has 1 aromatic carbocycles. The van der Waals surface area contributed by atoms with Crippen LogP contribution in [0.25, 0.3) is 0 Å². The zero-order valence-corrected chi connectivity index (χ0v) is 14.0. The maximum Gasteiger partial charge on any atom is 0.410 e. The van der Waals surface area contributed by atoms with Gasteiger partial charge >= 0.3 is 12.1 Å². The van der Waals surface area contributed by atoms with E-state index in [4.69, 9.17) is 9.47 Å². The largest absolute Gasteiger partial charge is 0.489 e. The van der Waals surface area contributed by atoms with Gasteiger partial charge in [-0.2, -0.15) is 0 Å². The van der Waals surface area contributed by atoms with Crippen molar-refractivity contribution in [3.63, 3.8) is 0 Å². The van der Waals surface area contributed by atoms with Crippen molar-refractivity contribution in [2.24, 2.45) is 0 Å². The van der Waals surface area contributed by atoms with E-state index in [1.807, 2.05) is 20.8 Å². The van der Waals surface area contributed by atoms with Gasteiger partial charge in [0.2, 0.25) is 0 Å². The normalized spacial score (nSPS) is 17.7. The summed E-state index contributed by atoms with van der Waals surface area (Å²) < 4.78 is 15.9. The second-order valence-corrected chi connectivity index (χ2v) is 6.47. The van der Waals surface area contributed by atoms with E-state index < -0.39 is 5.60 Å². The Balaban J connectivity index is 1.88. The highest BCUT2D eigenvalue weighted by Gasteiger charge is 2.30. The molecule has 1 aliphatic heterocycles. The van der Waals surface area contributed by atoms with E-state index in [0.29, 0.717) is 24.4 Å². The zero-order chi connectivity index (χ0) is 17.0. The molecule has 6 heteroatoms. The van der Waals surface area contributed by atoms with Gasteiger partial charge in [-0.3, -0.25) is 0 Å². The van der Waals surface area contributed by atoms with Crippen LogP contribution >= 0.6 is 0 Å². The van der Waals surface area contributed by atoms with Gasteiger partial charge < -0.3 is 19.1 Å². The quantitative estimate of drug-likeness (QED) is 0.801. The number of carbonyl (C=O) groups is 2. The molecule has 1 heterocycles. The van der Waals surface area contributed by atoms with Gasteiger partial charge in [-0.25, -0.2) is 9.59 Å². The van der Waals surface area contributed by atoms with Crippen LogP contribution in [0.4, 0.5) is 4.79 Å². The molecule has 1 aliphatic rings. The molecule has 0 aliphatic carbocycles. The van der Waals surface area contributed by atoms with Crippen LogP contribution in [-0.4, -0.2) is 48.9 Å². The average Bonchev–Trinajstić information content (AvgIpc) is 2.94. The first-order valence-electron chi connectivity index (χ1n) is 7.61. The number of benzene rings is 1. The van der Waals surface area contributed by atoms with Gasteiger partial charge in [-0.05, 0) is 45.0 Å². The van der Waals surface area contributed by atoms with Crippen LogP contribution in [0.1, 0.15) is 37.6 Å². The lowest BCUT2D eigenvalue weighted by Gasteiger charge is -2.24. The van der Waals surface area contributed by atoms with Crippen LogP contribution in [0.3, 0.4) is 0 Å². The van der Waals surface area contributed by atoms with Crippen molar-refractivity contribution in [1.82, 2.24) is 4.90 Å². The highest BCUT2D eigenvalue weighted by atomic mass is 16.6. The number of esters is 1. The Kier molecular flexibility index (Phi) is 5.13. The lowest BCUT2D eigenvalue weighted by molar-refractivity contribution is 0.0275. The third-order valence-corrected chi connectivity index (χ3v) is 3.37. The Labute approximate surface area is 136 Å². The third kappa shape index (κ3) is 4.87. The lowest BCUT2D eigenvalue weighted by atomic mass is 10.2. The van der Waals surface area contributed by atoms with E-state index in [0.717, 1.165) is 6.42 Å². The van der Waals surface area contributed by atoms with E-state index in [1.165, 1.54) is 7.11 Å². The number of nitrogens with zero attached hydrogens (tertiary/aromatic N) is 1. The summed E-state index contributed by atoms with van der Waals surface area (Å²) in [4.78, 5) is 25.0. The summed E-state index contributed by atoms with van der Waals surface area (Å²) in [5, 5.41) is 0. The summed E-state index contributed by atoms with van der Waals surface area (Å²) in [6, 6.07) is 6.76. The van der Waals surface area contributed by atoms with E-state index in [-0.39, 0.29) is 18.2 Å². The number of methoxy groups -OCH3 is 1. The summed E-state index contributed by atoms with van der Waals surface area (Å²) in [5.74, 6) is 0.280. The number of hydrogen-bond donors (Lipinski definition) is 0. The molecule has 0 saturated carbocycles. The van der Waals surface area contributed by atoms with Crippen LogP contribution in [0.15, 0.2) is 24.3 Å². The minimum absolute atomic E-state index is 0.0773. The fourth-order valence-corrected chi connectivity index (χ4v) is 2.30. The molecule has 1 amide bonds. The molecule has 1 atom stereocenters. The fraction of sp³-hybridized carbons (Fsp3) is 0.529. The van der Waals surface area contributed by atoms with Gasteiger partial charge in [0.15, 0.2) is 0 Å². The number of ether oxygens (including phenoxy) is 3. The molecule has 0 N–H and O–H groups in total. The number of likely N-dealkylation sites (tertiary alicyclic amines) is 1. The second kappa shape index (κ2) is 6.89. The molecule has 126 valence electrons. The van der Waals surface area contributed by atoms with Gasteiger partial charge in [0.1, 0.15) is 17.5 Å². The monoisotopic (exact) mass is 321 g/mol. The summed E-state index contributed by atoms with van der Waals surface area (Å²) >= 11 is 0. The molecule has 1 fully saturated rings. The number of carbonyl (C=O) groups excluding carboxylic acids is 2. The van der Waals surface area contributed by atoms with Crippen molar-refractivity contribution >= 4 is 12.1 Å². The van der Waals surface area contributed by atoms with Gasteiger partial charge in [0.25, 0.3) is 0 Å². The minimum atomic E-state index is -0.500. The number of hydrogen-bond acceptors (Lipinski definition) is 5. The van der Waals surface area contributed by atoms with Crippen molar-refractivity contribution in [3.05, 3.63) is 29.8 Å². The first-order chi connectivity index (χ1) is 10.8. The highest BCUT2D eigenvalue weighted by molar-refractivity contribution is 5.89. The van der Waals surface area contributed by atoms with Crippen LogP contribution in [-0.2, 0) is 9.47 Å². The highest BCUT2D eigenvalue weighted by Crippen LogP contribution is 2.21. The fourth-order valence-electron chi connectivity index (χ4n) is 2.30. The standard InChI is InChI=1S/C17H23NO5/c1-17(2,3)23-16(20)18-10-9-14(11-18)22-13-7-5-12(6-8-13)15(19)21-4/h5-8,14H,9-11H2,1-4H3. The van der Waals surface area contributed by atoms with Crippen LogP contribution in [0.5, 0.6) is 5.75 Å². The Morgan fingerprint density at radius 2 is 1.83 bits per heavy atom. The Morgan fingerprint density at radius 3 is 2.39 bits per heavy atom. The predicted molar refractivity (Wildman–Crippen MR) is 84.6 cm³/mol. The van der Waals surface area contributed by atoms with Crippen LogP contribution in [0.2, 0.25) is 0 Å². The molecule has 0 spiro atoms. The Bertz CT molecular complexity index is 561. The van der Waals surface area contributed by atoms with Crippen LogP contribution < -0.4 is 4.74 Å². The maximum atomic E-state index is 12.0. The second-order valence-electron chi connectivity index (χ2n) is 6.47. The molecular weight excluding hydrogens is 298 g/mol. The maximum absolute atomic E-state index is 12.0. The predicted octanol–water partition coefficient (Wildman–Crippen LogP) is 2.86. The van der Waals surface area contributed by atoms with E-state index in [1.54, 1.807) is 29.2 Å². The molecule has 0 aromatic heterocycles. The molecule has 0 radical (unpaired) electrons. The summed E-state index contributed by atoms with van der Waals surface area (Å²) in [5.41, 5.74) is -0.0265. The van der Waals surface area contributed by atoms with Gasteiger partial charge in [-0.15, -0.1) is 0 Å². The molecule has 23 heavy (non-hydrogen) atoms. The smallest absolute Gasteiger partial charge is 0.410 e. The van der Waals surface area contributed by atoms with Crippen molar-refractivity contribution in [2.45, 2.75) is 38.9 Å². The third-order valence-electron chi connectivity index (χ3n) is 3.37. The molecule has 6 nitrogen and oxygen atoms in total. The van der Waals surface area contributed by atoms with E-state index in [9.17, 15) is 9.59 Å². The molecular formula is C17H23NO5. The van der Waals surface area contributed by atoms with Crippen molar-refractivity contribution in [2.75, 3.05) is 20.2 Å². The topological polar surface area (TPSA) is 65.1 Å². The van der Waals surface area contributed by atoms with E-state index in [2.05, 4.69) is 4.74 Å². The van der Waals surface area contributed by atoms with Crippen molar-refractivity contribution in [3.8, 4) is 5.75 Å². The summed E-state index contributed by atoms with van der Waals surface area (Å²) in [6.45, 7) is 6.64. The molecule has 1 aromatic rings. The summed E-state index contributed by atoms with van der Waals surface area (Å²) in [6.07, 6.45) is 0.356. The van der Waals surface area contributed by atoms with Gasteiger partial charge in [-0.1, -0.05) is 0 Å². The van der Waals surface area contributed by atoms with Crippen molar-refractivity contribution < 1.29 is 23.8 Å². The van der Waals surface area contributed by atoms with Gasteiger partial charge in [0, 0.05) is 13.0 Å². The number of amides is 1. The first-order valence-corrected chi connectivity index (χ1v) is 7.61. The molecule has 1 unspecified atom stereocenters. The minimum Gasteiger partial charge on any atom is -0.489 e. The molecule has 0 bridgehead atoms. The average molecular weight is 321 g/mol. The van der Waals surface area contributed by atoms with Crippen LogP contribution in [0, 0.1) is 0 Å². The lowest BCUT2D eigenvalue weighted by Crippen LogP contribution is -2.36. The van der Waals surface area contributed by atoms with Crippen molar-refractivity contribution in [1.29, 1.82) is 0 Å². The van der Waals surface area contributed by atoms with Gasteiger partial charge in [0.05, 0.1) is 19.2 Å². The Morgan fingerprint density at radius 1 is 1.17 bits per heavy atom. The molecule has 1 saturated heterocycles. The summed E-state index contributed by atoms with van der Waals surface area (Å²) in [7, 11) is 1.34. The Hall–Kier alpha value is -2.24. The SMILES string of the molecule is COC(=O)c1ccc(OC2CCN(C(=O)OC(C)(C)C)C2)cc1.